The summed E-state index contributed by atoms with van der Waals surface area (Å²) in [6, 6.07) is 2.88. The van der Waals surface area contributed by atoms with Crippen molar-refractivity contribution < 1.29 is 5.11 Å². The second-order valence-electron chi connectivity index (χ2n) is 5.66. The summed E-state index contributed by atoms with van der Waals surface area (Å²) >= 11 is 1.84. The Labute approximate surface area is 120 Å². The highest BCUT2D eigenvalue weighted by atomic mass is 32.1. The zero-order valence-corrected chi connectivity index (χ0v) is 12.8. The second kappa shape index (κ2) is 6.84. The van der Waals surface area contributed by atoms with Crippen LogP contribution in [-0.2, 0) is 0 Å². The summed E-state index contributed by atoms with van der Waals surface area (Å²) in [6.07, 6.45) is 4.79. The molecule has 1 saturated carbocycles. The second-order valence-corrected chi connectivity index (χ2v) is 7.12. The lowest BCUT2D eigenvalue weighted by Gasteiger charge is -2.34. The minimum absolute atomic E-state index is 0.224. The van der Waals surface area contributed by atoms with E-state index >= 15 is 0 Å². The van der Waals surface area contributed by atoms with Gasteiger partial charge in [-0.05, 0) is 44.2 Å². The summed E-state index contributed by atoms with van der Waals surface area (Å²) in [6.45, 7) is 5.22. The standard InChI is InChI=1S/C15H26N2OS/c1-10-7-13(11(2)19-10)15(8-16)17-14-6-4-3-5-12(14)9-18/h7,12,14-15,17-18H,3-6,8-9,16H2,1-2H3. The molecule has 1 heterocycles. The number of nitrogens with one attached hydrogen (secondary N) is 1. The molecule has 0 aromatic carbocycles. The van der Waals surface area contributed by atoms with E-state index in [2.05, 4.69) is 25.2 Å². The Bertz CT molecular complexity index is 405. The van der Waals surface area contributed by atoms with E-state index in [1.807, 2.05) is 11.3 Å². The number of aryl methyl sites for hydroxylation is 2. The molecule has 0 radical (unpaired) electrons. The summed E-state index contributed by atoms with van der Waals surface area (Å²) in [5, 5.41) is 13.2. The predicted octanol–water partition coefficient (Wildman–Crippen LogP) is 2.51. The monoisotopic (exact) mass is 282 g/mol. The molecule has 1 aliphatic rings. The summed E-state index contributed by atoms with van der Waals surface area (Å²) in [5.41, 5.74) is 7.31. The Morgan fingerprint density at radius 3 is 2.74 bits per heavy atom. The first-order valence-electron chi connectivity index (χ1n) is 7.29. The van der Waals surface area contributed by atoms with Crippen molar-refractivity contribution in [1.82, 2.24) is 5.32 Å². The fraction of sp³-hybridized carbons (Fsp3) is 0.733. The molecule has 3 atom stereocenters. The van der Waals surface area contributed by atoms with Crippen molar-refractivity contribution in [2.45, 2.75) is 51.6 Å². The molecule has 0 aliphatic heterocycles. The smallest absolute Gasteiger partial charge is 0.0474 e. The normalized spacial score (nSPS) is 25.5. The topological polar surface area (TPSA) is 58.3 Å². The summed E-state index contributed by atoms with van der Waals surface area (Å²) in [5.74, 6) is 0.392. The Balaban J connectivity index is 2.07. The fourth-order valence-electron chi connectivity index (χ4n) is 3.19. The van der Waals surface area contributed by atoms with Crippen molar-refractivity contribution >= 4 is 11.3 Å². The molecule has 4 heteroatoms. The molecule has 1 aliphatic carbocycles. The Morgan fingerprint density at radius 2 is 2.16 bits per heavy atom. The van der Waals surface area contributed by atoms with Crippen LogP contribution in [0.5, 0.6) is 0 Å². The molecule has 4 N–H and O–H groups in total. The lowest BCUT2D eigenvalue weighted by molar-refractivity contribution is 0.146. The lowest BCUT2D eigenvalue weighted by Crippen LogP contribution is -2.44. The first-order chi connectivity index (χ1) is 9.15. The van der Waals surface area contributed by atoms with Crippen LogP contribution in [-0.4, -0.2) is 24.3 Å². The maximum Gasteiger partial charge on any atom is 0.0474 e. The summed E-state index contributed by atoms with van der Waals surface area (Å²) in [4.78, 5) is 2.70. The van der Waals surface area contributed by atoms with Gasteiger partial charge in [0.2, 0.25) is 0 Å². The molecule has 19 heavy (non-hydrogen) atoms. The Morgan fingerprint density at radius 1 is 1.42 bits per heavy atom. The van der Waals surface area contributed by atoms with Crippen LogP contribution in [0.1, 0.15) is 47.0 Å². The van der Waals surface area contributed by atoms with Crippen LogP contribution in [0.2, 0.25) is 0 Å². The maximum absolute atomic E-state index is 9.51. The van der Waals surface area contributed by atoms with Gasteiger partial charge < -0.3 is 16.2 Å². The number of aliphatic hydroxyl groups excluding tert-OH is 1. The molecule has 1 aromatic rings. The van der Waals surface area contributed by atoms with E-state index in [-0.39, 0.29) is 12.6 Å². The first kappa shape index (κ1) is 15.0. The molecule has 3 nitrogen and oxygen atoms in total. The number of nitrogens with two attached hydrogens (primary N) is 1. The molecule has 1 fully saturated rings. The molecule has 0 bridgehead atoms. The van der Waals surface area contributed by atoms with Gasteiger partial charge in [0.25, 0.3) is 0 Å². The van der Waals surface area contributed by atoms with Crippen molar-refractivity contribution in [3.63, 3.8) is 0 Å². The number of rotatable bonds is 5. The van der Waals surface area contributed by atoms with Gasteiger partial charge >= 0.3 is 0 Å². The molecule has 0 saturated heterocycles. The van der Waals surface area contributed by atoms with Gasteiger partial charge in [-0.15, -0.1) is 11.3 Å². The zero-order chi connectivity index (χ0) is 13.8. The SMILES string of the molecule is Cc1cc(C(CN)NC2CCCCC2CO)c(C)s1. The van der Waals surface area contributed by atoms with Crippen molar-refractivity contribution in [1.29, 1.82) is 0 Å². The summed E-state index contributed by atoms with van der Waals surface area (Å²) < 4.78 is 0. The molecule has 1 aromatic heterocycles. The first-order valence-corrected chi connectivity index (χ1v) is 8.11. The molecule has 0 spiro atoms. The number of hydrogen-bond donors (Lipinski definition) is 3. The van der Waals surface area contributed by atoms with E-state index in [9.17, 15) is 5.11 Å². The Kier molecular flexibility index (Phi) is 5.39. The highest BCUT2D eigenvalue weighted by Gasteiger charge is 2.27. The van der Waals surface area contributed by atoms with Gasteiger partial charge in [0.15, 0.2) is 0 Å². The zero-order valence-electron chi connectivity index (χ0n) is 12.0. The van der Waals surface area contributed by atoms with E-state index in [0.717, 1.165) is 12.8 Å². The number of hydrogen-bond acceptors (Lipinski definition) is 4. The highest BCUT2D eigenvalue weighted by molar-refractivity contribution is 7.12. The molecule has 2 rings (SSSR count). The fourth-order valence-corrected chi connectivity index (χ4v) is 4.17. The van der Waals surface area contributed by atoms with Crippen molar-refractivity contribution in [2.75, 3.05) is 13.2 Å². The van der Waals surface area contributed by atoms with Crippen LogP contribution in [0.15, 0.2) is 6.07 Å². The van der Waals surface area contributed by atoms with E-state index in [4.69, 9.17) is 5.73 Å². The van der Waals surface area contributed by atoms with Crippen LogP contribution >= 0.6 is 11.3 Å². The molecular formula is C15H26N2OS. The van der Waals surface area contributed by atoms with Crippen LogP contribution in [0, 0.1) is 19.8 Å². The van der Waals surface area contributed by atoms with E-state index in [1.165, 1.54) is 28.2 Å². The predicted molar refractivity (Wildman–Crippen MR) is 81.6 cm³/mol. The average molecular weight is 282 g/mol. The Hall–Kier alpha value is -0.420. The van der Waals surface area contributed by atoms with Gasteiger partial charge in [0.1, 0.15) is 0 Å². The van der Waals surface area contributed by atoms with Gasteiger partial charge in [0.05, 0.1) is 0 Å². The maximum atomic E-state index is 9.51. The van der Waals surface area contributed by atoms with Gasteiger partial charge in [-0.2, -0.15) is 0 Å². The molecule has 108 valence electrons. The lowest BCUT2D eigenvalue weighted by atomic mass is 9.84. The summed E-state index contributed by atoms with van der Waals surface area (Å²) in [7, 11) is 0. The molecular weight excluding hydrogens is 256 g/mol. The van der Waals surface area contributed by atoms with Crippen molar-refractivity contribution in [3.05, 3.63) is 21.4 Å². The molecule has 0 amide bonds. The van der Waals surface area contributed by atoms with Gasteiger partial charge in [-0.1, -0.05) is 12.8 Å². The van der Waals surface area contributed by atoms with Gasteiger partial charge in [0, 0.05) is 35.0 Å². The minimum Gasteiger partial charge on any atom is -0.396 e. The van der Waals surface area contributed by atoms with E-state index < -0.39 is 0 Å². The third-order valence-corrected chi connectivity index (χ3v) is 5.23. The average Bonchev–Trinajstić information content (AvgIpc) is 2.75. The quantitative estimate of drug-likeness (QED) is 0.778. The van der Waals surface area contributed by atoms with E-state index in [0.29, 0.717) is 18.5 Å². The third kappa shape index (κ3) is 3.57. The van der Waals surface area contributed by atoms with Crippen molar-refractivity contribution in [3.8, 4) is 0 Å². The number of aliphatic hydroxyl groups is 1. The van der Waals surface area contributed by atoms with Crippen LogP contribution in [0.3, 0.4) is 0 Å². The van der Waals surface area contributed by atoms with Crippen molar-refractivity contribution in [2.24, 2.45) is 11.7 Å². The van der Waals surface area contributed by atoms with E-state index in [1.54, 1.807) is 0 Å². The highest BCUT2D eigenvalue weighted by Crippen LogP contribution is 2.30. The minimum atomic E-state index is 0.224. The largest absolute Gasteiger partial charge is 0.396 e. The number of thiophene rings is 1. The van der Waals surface area contributed by atoms with Crippen LogP contribution in [0.4, 0.5) is 0 Å². The molecule has 3 unspecified atom stereocenters. The van der Waals surface area contributed by atoms with Crippen LogP contribution in [0.25, 0.3) is 0 Å². The van der Waals surface area contributed by atoms with Gasteiger partial charge in [-0.3, -0.25) is 0 Å². The third-order valence-electron chi connectivity index (χ3n) is 4.25. The van der Waals surface area contributed by atoms with Gasteiger partial charge in [-0.25, -0.2) is 0 Å². The van der Waals surface area contributed by atoms with Crippen LogP contribution < -0.4 is 11.1 Å².